The summed E-state index contributed by atoms with van der Waals surface area (Å²) in [5.41, 5.74) is 5.20. The topological polar surface area (TPSA) is 29.5 Å². The van der Waals surface area contributed by atoms with Crippen molar-refractivity contribution in [2.45, 2.75) is 64.6 Å². The van der Waals surface area contributed by atoms with E-state index < -0.39 is 0 Å². The Hall–Kier alpha value is -2.39. The third-order valence-corrected chi connectivity index (χ3v) is 6.42. The third kappa shape index (κ3) is 4.45. The molecule has 2 aromatic rings. The number of benzene rings is 2. The summed E-state index contributed by atoms with van der Waals surface area (Å²) >= 11 is 0. The summed E-state index contributed by atoms with van der Waals surface area (Å²) in [5, 5.41) is 0. The summed E-state index contributed by atoms with van der Waals surface area (Å²) in [5.74, 6) is -0.151. The molecule has 2 saturated heterocycles. The first-order valence-corrected chi connectivity index (χ1v) is 10.8. The normalized spacial score (nSPS) is 24.2. The van der Waals surface area contributed by atoms with Crippen LogP contribution in [0.4, 0.5) is 0 Å². The molecular formula is C26H31NO2. The molecule has 29 heavy (non-hydrogen) atoms. The molecule has 0 aliphatic carbocycles. The zero-order chi connectivity index (χ0) is 20.4. The molecule has 4 rings (SSSR count). The van der Waals surface area contributed by atoms with E-state index in [0.29, 0.717) is 12.1 Å². The minimum absolute atomic E-state index is 0.0365. The number of hydrogen-bond donors (Lipinski definition) is 0. The van der Waals surface area contributed by atoms with Gasteiger partial charge in [0.25, 0.3) is 0 Å². The first-order valence-electron chi connectivity index (χ1n) is 10.8. The summed E-state index contributed by atoms with van der Waals surface area (Å²) in [7, 11) is 0. The molecule has 2 bridgehead atoms. The summed E-state index contributed by atoms with van der Waals surface area (Å²) in [6.07, 6.45) is 8.83. The van der Waals surface area contributed by atoms with Crippen molar-refractivity contribution in [2.24, 2.45) is 0 Å². The molecule has 2 fully saturated rings. The van der Waals surface area contributed by atoms with Gasteiger partial charge < -0.3 is 4.74 Å². The van der Waals surface area contributed by atoms with Gasteiger partial charge in [0.1, 0.15) is 6.10 Å². The number of carbonyl (C=O) groups is 1. The Bertz CT molecular complexity index is 865. The van der Waals surface area contributed by atoms with Crippen LogP contribution in [0.25, 0.3) is 6.08 Å². The van der Waals surface area contributed by atoms with Crippen LogP contribution in [0.5, 0.6) is 0 Å². The van der Waals surface area contributed by atoms with Crippen LogP contribution in [0, 0.1) is 20.8 Å². The van der Waals surface area contributed by atoms with Crippen LogP contribution in [0.2, 0.25) is 0 Å². The van der Waals surface area contributed by atoms with Crippen molar-refractivity contribution in [2.75, 3.05) is 6.54 Å². The predicted octanol–water partition coefficient (Wildman–Crippen LogP) is 5.48. The Morgan fingerprint density at radius 2 is 1.66 bits per heavy atom. The molecule has 0 saturated carbocycles. The molecular weight excluding hydrogens is 358 g/mol. The van der Waals surface area contributed by atoms with Gasteiger partial charge in [0.2, 0.25) is 0 Å². The van der Waals surface area contributed by atoms with Gasteiger partial charge in [0.15, 0.2) is 0 Å². The molecule has 3 nitrogen and oxygen atoms in total. The monoisotopic (exact) mass is 389 g/mol. The number of rotatable bonds is 5. The Labute approximate surface area is 174 Å². The maximum atomic E-state index is 12.9. The number of hydrogen-bond acceptors (Lipinski definition) is 3. The minimum atomic E-state index is -0.151. The molecule has 2 aliphatic rings. The Balaban J connectivity index is 1.37. The third-order valence-electron chi connectivity index (χ3n) is 6.42. The maximum absolute atomic E-state index is 12.9. The van der Waals surface area contributed by atoms with E-state index in [-0.39, 0.29) is 12.1 Å². The largest absolute Gasteiger partial charge is 0.459 e. The number of esters is 1. The van der Waals surface area contributed by atoms with Gasteiger partial charge in [0.05, 0.1) is 5.56 Å². The number of ether oxygens (including phenoxy) is 1. The van der Waals surface area contributed by atoms with Gasteiger partial charge in [-0.1, -0.05) is 60.2 Å². The van der Waals surface area contributed by atoms with Crippen LogP contribution in [0.15, 0.2) is 48.5 Å². The molecule has 0 aromatic heterocycles. The second-order valence-corrected chi connectivity index (χ2v) is 8.67. The molecule has 2 heterocycles. The van der Waals surface area contributed by atoms with Crippen LogP contribution < -0.4 is 0 Å². The average Bonchev–Trinajstić information content (AvgIpc) is 2.91. The summed E-state index contributed by atoms with van der Waals surface area (Å²) in [6, 6.07) is 15.6. The first-order chi connectivity index (χ1) is 14.0. The number of aryl methyl sites for hydroxylation is 3. The van der Waals surface area contributed by atoms with Crippen molar-refractivity contribution >= 4 is 12.0 Å². The molecule has 0 radical (unpaired) electrons. The fourth-order valence-electron chi connectivity index (χ4n) is 5.21. The Kier molecular flexibility index (Phi) is 5.86. The van der Waals surface area contributed by atoms with E-state index in [2.05, 4.69) is 60.4 Å². The van der Waals surface area contributed by atoms with Crippen molar-refractivity contribution in [3.05, 3.63) is 76.4 Å². The van der Waals surface area contributed by atoms with E-state index in [4.69, 9.17) is 4.74 Å². The highest BCUT2D eigenvalue weighted by molar-refractivity contribution is 5.92. The second-order valence-electron chi connectivity index (χ2n) is 8.67. The molecule has 0 spiro atoms. The highest BCUT2D eigenvalue weighted by atomic mass is 16.5. The smallest absolute Gasteiger partial charge is 0.338 e. The van der Waals surface area contributed by atoms with Gasteiger partial charge in [-0.15, -0.1) is 0 Å². The highest BCUT2D eigenvalue weighted by Crippen LogP contribution is 2.37. The van der Waals surface area contributed by atoms with Crippen LogP contribution >= 0.6 is 0 Å². The first kappa shape index (κ1) is 19.9. The van der Waals surface area contributed by atoms with Crippen molar-refractivity contribution < 1.29 is 9.53 Å². The van der Waals surface area contributed by atoms with E-state index in [1.54, 1.807) is 0 Å². The van der Waals surface area contributed by atoms with E-state index in [1.807, 2.05) is 19.9 Å². The molecule has 2 atom stereocenters. The molecule has 0 N–H and O–H groups in total. The average molecular weight is 390 g/mol. The van der Waals surface area contributed by atoms with Crippen LogP contribution in [0.1, 0.15) is 58.3 Å². The van der Waals surface area contributed by atoms with Crippen molar-refractivity contribution in [3.63, 3.8) is 0 Å². The summed E-state index contributed by atoms with van der Waals surface area (Å²) in [6.45, 7) is 7.04. The van der Waals surface area contributed by atoms with Gasteiger partial charge in [-0.05, 0) is 50.3 Å². The number of piperidine rings is 1. The van der Waals surface area contributed by atoms with E-state index in [1.165, 1.54) is 24.0 Å². The van der Waals surface area contributed by atoms with Crippen LogP contribution in [-0.4, -0.2) is 35.6 Å². The lowest BCUT2D eigenvalue weighted by molar-refractivity contribution is -0.00354. The van der Waals surface area contributed by atoms with Gasteiger partial charge in [-0.3, -0.25) is 4.90 Å². The molecule has 0 amide bonds. The van der Waals surface area contributed by atoms with Crippen molar-refractivity contribution in [1.82, 2.24) is 4.90 Å². The SMILES string of the molecule is Cc1cc(C)c(C(=O)OC2CC3CCC(C2)N3CC=Cc2ccccc2)c(C)c1. The lowest BCUT2D eigenvalue weighted by Crippen LogP contribution is -2.45. The van der Waals surface area contributed by atoms with Gasteiger partial charge in [-0.25, -0.2) is 4.79 Å². The standard InChI is InChI=1S/C26H31NO2/c1-18-14-19(2)25(20(3)15-18)26(28)29-24-16-22-11-12-23(17-24)27(22)13-7-10-21-8-5-4-6-9-21/h4-10,14-15,22-24H,11-13,16-17H2,1-3H3. The fraction of sp³-hybridized carbons (Fsp3) is 0.423. The van der Waals surface area contributed by atoms with Gasteiger partial charge in [-0.2, -0.15) is 0 Å². The van der Waals surface area contributed by atoms with Crippen molar-refractivity contribution in [1.29, 1.82) is 0 Å². The zero-order valence-corrected chi connectivity index (χ0v) is 17.7. The molecule has 2 aromatic carbocycles. The lowest BCUT2D eigenvalue weighted by atomic mass is 9.98. The Morgan fingerprint density at radius 1 is 1.03 bits per heavy atom. The number of nitrogens with zero attached hydrogens (tertiary/aromatic N) is 1. The summed E-state index contributed by atoms with van der Waals surface area (Å²) in [4.78, 5) is 15.5. The highest BCUT2D eigenvalue weighted by Gasteiger charge is 2.41. The Morgan fingerprint density at radius 3 is 2.28 bits per heavy atom. The number of fused-ring (bicyclic) bond motifs is 2. The second kappa shape index (κ2) is 8.54. The van der Waals surface area contributed by atoms with E-state index in [9.17, 15) is 4.79 Å². The van der Waals surface area contributed by atoms with Crippen molar-refractivity contribution in [3.8, 4) is 0 Å². The molecule has 2 unspecified atom stereocenters. The van der Waals surface area contributed by atoms with E-state index in [0.717, 1.165) is 36.1 Å². The van der Waals surface area contributed by atoms with Crippen LogP contribution in [0.3, 0.4) is 0 Å². The number of carbonyl (C=O) groups excluding carboxylic acids is 1. The molecule has 3 heteroatoms. The maximum Gasteiger partial charge on any atom is 0.338 e. The summed E-state index contributed by atoms with van der Waals surface area (Å²) < 4.78 is 6.00. The van der Waals surface area contributed by atoms with E-state index >= 15 is 0 Å². The van der Waals surface area contributed by atoms with Gasteiger partial charge in [0, 0.05) is 31.5 Å². The quantitative estimate of drug-likeness (QED) is 0.635. The van der Waals surface area contributed by atoms with Crippen LogP contribution in [-0.2, 0) is 4.74 Å². The zero-order valence-electron chi connectivity index (χ0n) is 17.7. The fourth-order valence-corrected chi connectivity index (χ4v) is 5.21. The minimum Gasteiger partial charge on any atom is -0.459 e. The molecule has 2 aliphatic heterocycles. The molecule has 152 valence electrons. The lowest BCUT2D eigenvalue weighted by Gasteiger charge is -2.38. The predicted molar refractivity (Wildman–Crippen MR) is 118 cm³/mol. The van der Waals surface area contributed by atoms with Gasteiger partial charge >= 0.3 is 5.97 Å².